The van der Waals surface area contributed by atoms with Gasteiger partial charge in [-0.15, -0.1) is 0 Å². The molecule has 2 heterocycles. The maximum Gasteiger partial charge on any atom is 0.254 e. The Labute approximate surface area is 123 Å². The number of hydrogen-bond acceptors (Lipinski definition) is 3. The molecule has 2 bridgehead atoms. The van der Waals surface area contributed by atoms with Crippen molar-refractivity contribution in [2.75, 3.05) is 0 Å². The number of para-hydroxylation sites is 1. The van der Waals surface area contributed by atoms with Crippen molar-refractivity contribution in [1.29, 1.82) is 0 Å². The predicted octanol–water partition coefficient (Wildman–Crippen LogP) is 3.01. The Balaban J connectivity index is 1.97. The predicted molar refractivity (Wildman–Crippen MR) is 78.0 cm³/mol. The first-order valence-electron chi connectivity index (χ1n) is 7.62. The number of rotatable bonds is 0. The second kappa shape index (κ2) is 4.26. The zero-order valence-corrected chi connectivity index (χ0v) is 12.1. The molecule has 1 saturated heterocycles. The fourth-order valence-corrected chi connectivity index (χ4v) is 4.30. The minimum atomic E-state index is -0.590. The highest BCUT2D eigenvalue weighted by molar-refractivity contribution is 5.97. The number of hydrogen-bond donors (Lipinski definition) is 2. The van der Waals surface area contributed by atoms with Crippen molar-refractivity contribution in [3.63, 3.8) is 0 Å². The van der Waals surface area contributed by atoms with E-state index in [9.17, 15) is 9.90 Å². The first-order chi connectivity index (χ1) is 10.1. The lowest BCUT2D eigenvalue weighted by molar-refractivity contribution is -0.140. The molecule has 2 fully saturated rings. The van der Waals surface area contributed by atoms with Crippen molar-refractivity contribution in [3.8, 4) is 5.75 Å². The summed E-state index contributed by atoms with van der Waals surface area (Å²) in [7, 11) is 0. The van der Waals surface area contributed by atoms with E-state index < -0.39 is 5.72 Å². The van der Waals surface area contributed by atoms with Gasteiger partial charge in [-0.2, -0.15) is 0 Å². The molecular formula is C17H19NO3. The van der Waals surface area contributed by atoms with Gasteiger partial charge in [0.1, 0.15) is 5.75 Å². The van der Waals surface area contributed by atoms with Crippen LogP contribution in [0.3, 0.4) is 0 Å². The summed E-state index contributed by atoms with van der Waals surface area (Å²) < 4.78 is 6.26. The van der Waals surface area contributed by atoms with Crippen LogP contribution in [-0.4, -0.2) is 16.7 Å². The van der Waals surface area contributed by atoms with Crippen molar-refractivity contribution < 1.29 is 14.6 Å². The third-order valence-electron chi connectivity index (χ3n) is 5.13. The number of carbonyl (C=O) groups excluding carboxylic acids is 1. The van der Waals surface area contributed by atoms with E-state index in [1.165, 1.54) is 0 Å². The zero-order chi connectivity index (χ0) is 14.6. The Morgan fingerprint density at radius 3 is 3.00 bits per heavy atom. The third kappa shape index (κ3) is 1.65. The highest BCUT2D eigenvalue weighted by atomic mass is 16.5. The van der Waals surface area contributed by atoms with Crippen molar-refractivity contribution in [2.24, 2.45) is 5.92 Å². The van der Waals surface area contributed by atoms with Gasteiger partial charge in [0.15, 0.2) is 5.72 Å². The van der Waals surface area contributed by atoms with E-state index >= 15 is 0 Å². The molecule has 4 heteroatoms. The molecule has 1 aromatic carbocycles. The standard InChI is InChI=1S/C17H19NO3/c1-10(19)14-15-11-6-2-3-8-13(11)21-17(18-16(14)20)9-5-4-7-12(15)17/h2-3,6,8,12,15,19H,4-5,7,9H2,1H3,(H,18,20)/b14-10-/t12-,15+,17+/m0/s1. The molecule has 3 aliphatic rings. The van der Waals surface area contributed by atoms with Gasteiger partial charge in [-0.05, 0) is 25.8 Å². The maximum absolute atomic E-state index is 12.5. The summed E-state index contributed by atoms with van der Waals surface area (Å²) in [5, 5.41) is 13.1. The maximum atomic E-state index is 12.5. The molecule has 4 rings (SSSR count). The number of fused-ring (bicyclic) bond motifs is 2. The molecule has 1 amide bonds. The van der Waals surface area contributed by atoms with Crippen LogP contribution in [0.25, 0.3) is 0 Å². The molecule has 1 saturated carbocycles. The van der Waals surface area contributed by atoms with E-state index in [2.05, 4.69) is 5.32 Å². The number of ether oxygens (including phenoxy) is 1. The van der Waals surface area contributed by atoms with E-state index in [4.69, 9.17) is 4.74 Å². The van der Waals surface area contributed by atoms with Crippen LogP contribution >= 0.6 is 0 Å². The van der Waals surface area contributed by atoms with Crippen molar-refractivity contribution in [3.05, 3.63) is 41.2 Å². The molecule has 3 atom stereocenters. The molecule has 0 radical (unpaired) electrons. The summed E-state index contributed by atoms with van der Waals surface area (Å²) in [5.41, 5.74) is 0.944. The second-order valence-corrected chi connectivity index (χ2v) is 6.31. The number of carbonyl (C=O) groups is 1. The second-order valence-electron chi connectivity index (χ2n) is 6.31. The molecule has 1 aliphatic carbocycles. The molecule has 21 heavy (non-hydrogen) atoms. The number of benzene rings is 1. The van der Waals surface area contributed by atoms with Crippen LogP contribution in [-0.2, 0) is 4.79 Å². The molecule has 1 aromatic rings. The highest BCUT2D eigenvalue weighted by Gasteiger charge is 2.57. The molecule has 0 unspecified atom stereocenters. The number of aliphatic hydroxyl groups is 1. The summed E-state index contributed by atoms with van der Waals surface area (Å²) in [5.74, 6) is 0.908. The van der Waals surface area contributed by atoms with Gasteiger partial charge in [0.2, 0.25) is 0 Å². The monoisotopic (exact) mass is 285 g/mol. The van der Waals surface area contributed by atoms with E-state index in [1.54, 1.807) is 6.92 Å². The molecule has 2 aliphatic heterocycles. The number of aliphatic hydroxyl groups excluding tert-OH is 1. The summed E-state index contributed by atoms with van der Waals surface area (Å²) >= 11 is 0. The molecular weight excluding hydrogens is 266 g/mol. The normalized spacial score (nSPS) is 36.0. The minimum Gasteiger partial charge on any atom is -0.512 e. The minimum absolute atomic E-state index is 0.0611. The first kappa shape index (κ1) is 12.7. The van der Waals surface area contributed by atoms with Gasteiger partial charge >= 0.3 is 0 Å². The van der Waals surface area contributed by atoms with Crippen LogP contribution in [0.4, 0.5) is 0 Å². The van der Waals surface area contributed by atoms with Gasteiger partial charge in [0, 0.05) is 23.8 Å². The SMILES string of the molecule is C/C(O)=C1/C(=O)N[C@@]23CCCC[C@H]2[C@H]1c1ccccc1O3. The molecule has 0 spiro atoms. The van der Waals surface area contributed by atoms with Gasteiger partial charge in [0.05, 0.1) is 11.3 Å². The Morgan fingerprint density at radius 1 is 1.38 bits per heavy atom. The van der Waals surface area contributed by atoms with Crippen LogP contribution in [0.1, 0.15) is 44.1 Å². The van der Waals surface area contributed by atoms with Gasteiger partial charge < -0.3 is 15.2 Å². The number of allylic oxidation sites excluding steroid dienone is 1. The van der Waals surface area contributed by atoms with Crippen LogP contribution < -0.4 is 10.1 Å². The average molecular weight is 285 g/mol. The largest absolute Gasteiger partial charge is 0.512 e. The molecule has 4 nitrogen and oxygen atoms in total. The van der Waals surface area contributed by atoms with E-state index in [1.807, 2.05) is 24.3 Å². The smallest absolute Gasteiger partial charge is 0.254 e. The van der Waals surface area contributed by atoms with Crippen LogP contribution in [0.15, 0.2) is 35.6 Å². The average Bonchev–Trinajstić information content (AvgIpc) is 2.45. The third-order valence-corrected chi connectivity index (χ3v) is 5.13. The van der Waals surface area contributed by atoms with Crippen LogP contribution in [0, 0.1) is 5.92 Å². The number of amides is 1. The number of piperidine rings is 1. The Morgan fingerprint density at radius 2 is 2.19 bits per heavy atom. The van der Waals surface area contributed by atoms with Crippen molar-refractivity contribution >= 4 is 5.91 Å². The molecule has 0 aromatic heterocycles. The first-order valence-corrected chi connectivity index (χ1v) is 7.62. The topological polar surface area (TPSA) is 58.6 Å². The van der Waals surface area contributed by atoms with Crippen LogP contribution in [0.5, 0.6) is 5.75 Å². The van der Waals surface area contributed by atoms with Crippen molar-refractivity contribution in [1.82, 2.24) is 5.32 Å². The lowest BCUT2D eigenvalue weighted by Gasteiger charge is -2.54. The summed E-state index contributed by atoms with van der Waals surface area (Å²) in [6.45, 7) is 1.60. The van der Waals surface area contributed by atoms with E-state index in [-0.39, 0.29) is 23.5 Å². The van der Waals surface area contributed by atoms with Crippen molar-refractivity contribution in [2.45, 2.75) is 44.2 Å². The lowest BCUT2D eigenvalue weighted by atomic mass is 9.64. The Hall–Kier alpha value is -1.97. The summed E-state index contributed by atoms with van der Waals surface area (Å²) in [6.07, 6.45) is 4.05. The summed E-state index contributed by atoms with van der Waals surface area (Å²) in [6, 6.07) is 7.89. The number of nitrogens with one attached hydrogen (secondary N) is 1. The molecule has 2 N–H and O–H groups in total. The van der Waals surface area contributed by atoms with Gasteiger partial charge in [-0.25, -0.2) is 0 Å². The Kier molecular flexibility index (Phi) is 2.59. The quantitative estimate of drug-likeness (QED) is 0.569. The van der Waals surface area contributed by atoms with Gasteiger partial charge in [-0.1, -0.05) is 24.6 Å². The fraction of sp³-hybridized carbons (Fsp3) is 0.471. The van der Waals surface area contributed by atoms with Crippen LogP contribution in [0.2, 0.25) is 0 Å². The van der Waals surface area contributed by atoms with E-state index in [0.717, 1.165) is 37.0 Å². The zero-order valence-electron chi connectivity index (χ0n) is 12.1. The summed E-state index contributed by atoms with van der Waals surface area (Å²) in [4.78, 5) is 12.5. The highest BCUT2D eigenvalue weighted by Crippen LogP contribution is 2.55. The van der Waals surface area contributed by atoms with Gasteiger partial charge in [-0.3, -0.25) is 4.79 Å². The van der Waals surface area contributed by atoms with Gasteiger partial charge in [0.25, 0.3) is 5.91 Å². The fourth-order valence-electron chi connectivity index (χ4n) is 4.30. The Bertz CT molecular complexity index is 647. The van der Waals surface area contributed by atoms with E-state index in [0.29, 0.717) is 5.57 Å². The molecule has 110 valence electrons. The lowest BCUT2D eigenvalue weighted by Crippen LogP contribution is -2.66.